The Labute approximate surface area is 114 Å². The van der Waals surface area contributed by atoms with E-state index in [-0.39, 0.29) is 5.91 Å². The first-order valence-electron chi connectivity index (χ1n) is 7.07. The van der Waals surface area contributed by atoms with Gasteiger partial charge in [0.15, 0.2) is 0 Å². The summed E-state index contributed by atoms with van der Waals surface area (Å²) in [6.45, 7) is 0.727. The predicted molar refractivity (Wildman–Crippen MR) is 75.1 cm³/mol. The molecule has 0 spiro atoms. The predicted octanol–water partition coefficient (Wildman–Crippen LogP) is 2.22. The van der Waals surface area contributed by atoms with E-state index in [1.165, 1.54) is 38.3 Å². The van der Waals surface area contributed by atoms with Gasteiger partial charge in [0.2, 0.25) is 0 Å². The Morgan fingerprint density at radius 3 is 2.74 bits per heavy atom. The molecule has 5 nitrogen and oxygen atoms in total. The van der Waals surface area contributed by atoms with Gasteiger partial charge in [0.05, 0.1) is 12.4 Å². The molecule has 1 aliphatic carbocycles. The molecule has 0 aliphatic heterocycles. The molecule has 0 saturated heterocycles. The molecule has 5 heteroatoms. The molecule has 0 atom stereocenters. The molecule has 1 fully saturated rings. The molecule has 2 N–H and O–H groups in total. The van der Waals surface area contributed by atoms with Crippen LogP contribution in [-0.2, 0) is 0 Å². The molecular weight excluding hydrogens is 240 g/mol. The molecule has 2 rings (SSSR count). The fraction of sp³-hybridized carbons (Fsp3) is 0.643. The van der Waals surface area contributed by atoms with Crippen LogP contribution < -0.4 is 10.6 Å². The van der Waals surface area contributed by atoms with Crippen LogP contribution in [-0.4, -0.2) is 29.5 Å². The van der Waals surface area contributed by atoms with E-state index in [1.807, 2.05) is 0 Å². The maximum absolute atomic E-state index is 11.8. The minimum absolute atomic E-state index is 0.137. The van der Waals surface area contributed by atoms with Crippen molar-refractivity contribution in [3.8, 4) is 0 Å². The van der Waals surface area contributed by atoms with Crippen LogP contribution in [0.3, 0.4) is 0 Å². The molecule has 1 aliphatic rings. The van der Waals surface area contributed by atoms with Gasteiger partial charge in [-0.3, -0.25) is 4.79 Å². The topological polar surface area (TPSA) is 66.9 Å². The van der Waals surface area contributed by atoms with Crippen molar-refractivity contribution < 1.29 is 4.79 Å². The van der Waals surface area contributed by atoms with Gasteiger partial charge >= 0.3 is 0 Å². The average Bonchev–Trinajstić information content (AvgIpc) is 2.96. The van der Waals surface area contributed by atoms with Crippen molar-refractivity contribution in [3.05, 3.63) is 18.1 Å². The van der Waals surface area contributed by atoms with E-state index in [4.69, 9.17) is 0 Å². The zero-order valence-electron chi connectivity index (χ0n) is 11.5. The Morgan fingerprint density at radius 2 is 2.11 bits per heavy atom. The van der Waals surface area contributed by atoms with Gasteiger partial charge in [-0.1, -0.05) is 25.7 Å². The molecule has 0 radical (unpaired) electrons. The molecular formula is C14H22N4O. The largest absolute Gasteiger partial charge is 0.372 e. The summed E-state index contributed by atoms with van der Waals surface area (Å²) in [4.78, 5) is 20.0. The number of carbonyl (C=O) groups excluding carboxylic acids is 1. The number of rotatable bonds is 6. The minimum Gasteiger partial charge on any atom is -0.372 e. The number of carbonyl (C=O) groups is 1. The summed E-state index contributed by atoms with van der Waals surface area (Å²) in [5.74, 6) is 1.41. The fourth-order valence-electron chi connectivity index (χ4n) is 2.56. The number of hydrogen-bond acceptors (Lipinski definition) is 4. The summed E-state index contributed by atoms with van der Waals surface area (Å²) in [6.07, 6.45) is 10.8. The number of amides is 1. The van der Waals surface area contributed by atoms with Crippen molar-refractivity contribution in [2.75, 3.05) is 18.9 Å². The molecule has 19 heavy (non-hydrogen) atoms. The summed E-state index contributed by atoms with van der Waals surface area (Å²) >= 11 is 0. The summed E-state index contributed by atoms with van der Waals surface area (Å²) in [7, 11) is 1.77. The Balaban J connectivity index is 1.68. The molecule has 0 unspecified atom stereocenters. The minimum atomic E-state index is -0.137. The Morgan fingerprint density at radius 1 is 1.32 bits per heavy atom. The van der Waals surface area contributed by atoms with Crippen molar-refractivity contribution >= 4 is 11.7 Å². The molecule has 0 bridgehead atoms. The Bertz CT molecular complexity index is 398. The molecule has 1 heterocycles. The van der Waals surface area contributed by atoms with Gasteiger partial charge in [-0.05, 0) is 18.8 Å². The van der Waals surface area contributed by atoms with E-state index in [2.05, 4.69) is 20.6 Å². The summed E-state index contributed by atoms with van der Waals surface area (Å²) in [6, 6.07) is 0. The zero-order valence-corrected chi connectivity index (χ0v) is 11.5. The van der Waals surface area contributed by atoms with Gasteiger partial charge < -0.3 is 10.6 Å². The third kappa shape index (κ3) is 4.19. The van der Waals surface area contributed by atoms with E-state index < -0.39 is 0 Å². The van der Waals surface area contributed by atoms with Crippen LogP contribution >= 0.6 is 0 Å². The van der Waals surface area contributed by atoms with E-state index in [9.17, 15) is 4.79 Å². The second-order valence-corrected chi connectivity index (χ2v) is 5.09. The number of anilines is 1. The lowest BCUT2D eigenvalue weighted by molar-refractivity contribution is 0.0947. The van der Waals surface area contributed by atoms with Gasteiger partial charge in [0.25, 0.3) is 5.91 Å². The van der Waals surface area contributed by atoms with Gasteiger partial charge in [0.1, 0.15) is 11.5 Å². The van der Waals surface area contributed by atoms with Gasteiger partial charge in [-0.2, -0.15) is 0 Å². The second kappa shape index (κ2) is 7.07. The van der Waals surface area contributed by atoms with Crippen molar-refractivity contribution in [1.29, 1.82) is 0 Å². The highest BCUT2D eigenvalue weighted by atomic mass is 16.1. The van der Waals surface area contributed by atoms with Crippen LogP contribution in [0.1, 0.15) is 49.0 Å². The van der Waals surface area contributed by atoms with Crippen molar-refractivity contribution in [1.82, 2.24) is 15.3 Å². The quantitative estimate of drug-likeness (QED) is 0.771. The van der Waals surface area contributed by atoms with Crippen molar-refractivity contribution in [3.63, 3.8) is 0 Å². The van der Waals surface area contributed by atoms with E-state index in [0.717, 1.165) is 18.9 Å². The zero-order chi connectivity index (χ0) is 13.5. The third-order valence-electron chi connectivity index (χ3n) is 3.69. The first-order chi connectivity index (χ1) is 9.29. The van der Waals surface area contributed by atoms with Crippen molar-refractivity contribution in [2.24, 2.45) is 5.92 Å². The SMILES string of the molecule is CNc1cnc(C(=O)NCCCC2CCCC2)cn1. The number of nitrogens with zero attached hydrogens (tertiary/aromatic N) is 2. The smallest absolute Gasteiger partial charge is 0.271 e. The first kappa shape index (κ1) is 13.8. The second-order valence-electron chi connectivity index (χ2n) is 5.09. The third-order valence-corrected chi connectivity index (χ3v) is 3.69. The molecule has 104 valence electrons. The number of nitrogens with one attached hydrogen (secondary N) is 2. The van der Waals surface area contributed by atoms with Crippen LogP contribution in [0.2, 0.25) is 0 Å². The molecule has 1 saturated carbocycles. The van der Waals surface area contributed by atoms with Crippen LogP contribution in [0.4, 0.5) is 5.82 Å². The van der Waals surface area contributed by atoms with E-state index >= 15 is 0 Å². The highest BCUT2D eigenvalue weighted by Gasteiger charge is 2.14. The van der Waals surface area contributed by atoms with Crippen LogP contribution in [0, 0.1) is 5.92 Å². The van der Waals surface area contributed by atoms with Crippen LogP contribution in [0.15, 0.2) is 12.4 Å². The highest BCUT2D eigenvalue weighted by Crippen LogP contribution is 2.28. The normalized spacial score (nSPS) is 15.4. The molecule has 1 aromatic heterocycles. The first-order valence-corrected chi connectivity index (χ1v) is 7.07. The van der Waals surface area contributed by atoms with Crippen LogP contribution in [0.25, 0.3) is 0 Å². The monoisotopic (exact) mass is 262 g/mol. The Kier molecular flexibility index (Phi) is 5.12. The summed E-state index contributed by atoms with van der Waals surface area (Å²) < 4.78 is 0. The van der Waals surface area contributed by atoms with E-state index in [1.54, 1.807) is 13.2 Å². The van der Waals surface area contributed by atoms with Crippen molar-refractivity contribution in [2.45, 2.75) is 38.5 Å². The molecule has 0 aromatic carbocycles. The standard InChI is InChI=1S/C14H22N4O/c1-15-13-10-17-12(9-18-13)14(19)16-8-4-7-11-5-2-3-6-11/h9-11H,2-8H2,1H3,(H,15,18)(H,16,19). The highest BCUT2D eigenvalue weighted by molar-refractivity contribution is 5.91. The lowest BCUT2D eigenvalue weighted by atomic mass is 10.0. The summed E-state index contributed by atoms with van der Waals surface area (Å²) in [5, 5.41) is 5.77. The molecule has 1 aromatic rings. The lowest BCUT2D eigenvalue weighted by Crippen LogP contribution is -2.25. The van der Waals surface area contributed by atoms with Gasteiger partial charge in [0, 0.05) is 13.6 Å². The average molecular weight is 262 g/mol. The fourth-order valence-corrected chi connectivity index (χ4v) is 2.56. The van der Waals surface area contributed by atoms with E-state index in [0.29, 0.717) is 11.5 Å². The summed E-state index contributed by atoms with van der Waals surface area (Å²) in [5.41, 5.74) is 0.375. The van der Waals surface area contributed by atoms with Crippen LogP contribution in [0.5, 0.6) is 0 Å². The molecule has 1 amide bonds. The lowest BCUT2D eigenvalue weighted by Gasteiger charge is -2.09. The Hall–Kier alpha value is -1.65. The number of aromatic nitrogens is 2. The maximum Gasteiger partial charge on any atom is 0.271 e. The van der Waals surface area contributed by atoms with Gasteiger partial charge in [-0.25, -0.2) is 9.97 Å². The van der Waals surface area contributed by atoms with Gasteiger partial charge in [-0.15, -0.1) is 0 Å². The number of hydrogen-bond donors (Lipinski definition) is 2. The maximum atomic E-state index is 11.8.